The highest BCUT2D eigenvalue weighted by atomic mass is 35.5. The van der Waals surface area contributed by atoms with Crippen LogP contribution in [0.3, 0.4) is 0 Å². The lowest BCUT2D eigenvalue weighted by Crippen LogP contribution is -2.15. The number of anilines is 1. The van der Waals surface area contributed by atoms with Crippen LogP contribution >= 0.6 is 34.8 Å². The number of carbonyl (C=O) groups is 1. The molecule has 0 amide bonds. The fraction of sp³-hybridized carbons (Fsp3) is 0.0714. The van der Waals surface area contributed by atoms with Gasteiger partial charge in [-0.1, -0.05) is 34.8 Å². The van der Waals surface area contributed by atoms with Gasteiger partial charge in [-0.2, -0.15) is 0 Å². The van der Waals surface area contributed by atoms with Gasteiger partial charge in [-0.15, -0.1) is 0 Å². The van der Waals surface area contributed by atoms with Crippen LogP contribution in [0.4, 0.5) is 5.69 Å². The van der Waals surface area contributed by atoms with E-state index in [1.165, 1.54) is 37.4 Å². The van der Waals surface area contributed by atoms with Crippen LogP contribution in [0.1, 0.15) is 10.4 Å². The van der Waals surface area contributed by atoms with E-state index in [9.17, 15) is 13.2 Å². The second-order valence-electron chi connectivity index (χ2n) is 4.37. The number of sulfonamides is 1. The summed E-state index contributed by atoms with van der Waals surface area (Å²) in [6.45, 7) is 0. The molecule has 0 aromatic heterocycles. The first-order valence-corrected chi connectivity index (χ1v) is 8.72. The number of carbonyl (C=O) groups excluding carboxylic acids is 1. The van der Waals surface area contributed by atoms with E-state index >= 15 is 0 Å². The maximum absolute atomic E-state index is 12.5. The van der Waals surface area contributed by atoms with Gasteiger partial charge in [0.05, 0.1) is 28.4 Å². The molecule has 0 saturated carbocycles. The SMILES string of the molecule is COC(=O)c1ccc(Cl)c(S(=O)(=O)Nc2cc(Cl)ccc2Cl)c1. The van der Waals surface area contributed by atoms with Crippen LogP contribution in [0.15, 0.2) is 41.3 Å². The highest BCUT2D eigenvalue weighted by Crippen LogP contribution is 2.30. The van der Waals surface area contributed by atoms with Crippen molar-refractivity contribution in [3.05, 3.63) is 57.0 Å². The normalized spacial score (nSPS) is 11.1. The van der Waals surface area contributed by atoms with E-state index in [2.05, 4.69) is 9.46 Å². The van der Waals surface area contributed by atoms with Crippen molar-refractivity contribution in [3.8, 4) is 0 Å². The Morgan fingerprint density at radius 2 is 1.70 bits per heavy atom. The Balaban J connectivity index is 2.47. The van der Waals surface area contributed by atoms with Crippen molar-refractivity contribution >= 4 is 56.5 Å². The fourth-order valence-electron chi connectivity index (χ4n) is 1.73. The van der Waals surface area contributed by atoms with Crippen molar-refractivity contribution in [3.63, 3.8) is 0 Å². The van der Waals surface area contributed by atoms with Gasteiger partial charge in [-0.05, 0) is 36.4 Å². The number of hydrogen-bond acceptors (Lipinski definition) is 4. The molecule has 5 nitrogen and oxygen atoms in total. The smallest absolute Gasteiger partial charge is 0.337 e. The van der Waals surface area contributed by atoms with E-state index in [1.54, 1.807) is 0 Å². The number of esters is 1. The van der Waals surface area contributed by atoms with Crippen molar-refractivity contribution < 1.29 is 17.9 Å². The Kier molecular flexibility index (Phi) is 5.41. The van der Waals surface area contributed by atoms with Gasteiger partial charge in [0.15, 0.2) is 0 Å². The van der Waals surface area contributed by atoms with Gasteiger partial charge in [-0.25, -0.2) is 13.2 Å². The molecule has 1 N–H and O–H groups in total. The minimum Gasteiger partial charge on any atom is -0.465 e. The van der Waals surface area contributed by atoms with E-state index in [0.29, 0.717) is 5.02 Å². The summed E-state index contributed by atoms with van der Waals surface area (Å²) in [7, 11) is -2.89. The van der Waals surface area contributed by atoms with Gasteiger partial charge in [0.2, 0.25) is 0 Å². The summed E-state index contributed by atoms with van der Waals surface area (Å²) < 4.78 is 31.8. The summed E-state index contributed by atoms with van der Waals surface area (Å²) in [5.41, 5.74) is 0.146. The molecular weight excluding hydrogens is 385 g/mol. The lowest BCUT2D eigenvalue weighted by Gasteiger charge is -2.12. The minimum absolute atomic E-state index is 0.0504. The predicted molar refractivity (Wildman–Crippen MR) is 90.1 cm³/mol. The molecule has 9 heteroatoms. The molecule has 0 radical (unpaired) electrons. The number of nitrogens with one attached hydrogen (secondary N) is 1. The number of rotatable bonds is 4. The van der Waals surface area contributed by atoms with Gasteiger partial charge >= 0.3 is 5.97 Å². The molecule has 0 aliphatic rings. The lowest BCUT2D eigenvalue weighted by atomic mass is 10.2. The maximum Gasteiger partial charge on any atom is 0.337 e. The van der Waals surface area contributed by atoms with E-state index < -0.39 is 16.0 Å². The van der Waals surface area contributed by atoms with Crippen LogP contribution in [-0.4, -0.2) is 21.5 Å². The lowest BCUT2D eigenvalue weighted by molar-refractivity contribution is 0.0600. The molecule has 0 aliphatic heterocycles. The van der Waals surface area contributed by atoms with Crippen LogP contribution in [0, 0.1) is 0 Å². The van der Waals surface area contributed by atoms with Crippen LogP contribution in [0.5, 0.6) is 0 Å². The number of benzene rings is 2. The third-order valence-corrected chi connectivity index (χ3v) is 5.23. The maximum atomic E-state index is 12.5. The van der Waals surface area contributed by atoms with Crippen molar-refractivity contribution in [2.24, 2.45) is 0 Å². The van der Waals surface area contributed by atoms with Gasteiger partial charge in [0, 0.05) is 5.02 Å². The van der Waals surface area contributed by atoms with E-state index in [0.717, 1.165) is 6.07 Å². The van der Waals surface area contributed by atoms with Crippen LogP contribution in [0.25, 0.3) is 0 Å². The zero-order valence-electron chi connectivity index (χ0n) is 11.6. The van der Waals surface area contributed by atoms with Crippen molar-refractivity contribution in [1.29, 1.82) is 0 Å². The van der Waals surface area contributed by atoms with E-state index in [-0.39, 0.29) is 26.2 Å². The highest BCUT2D eigenvalue weighted by molar-refractivity contribution is 7.92. The first-order valence-electron chi connectivity index (χ1n) is 6.10. The molecule has 0 fully saturated rings. The van der Waals surface area contributed by atoms with Crippen molar-refractivity contribution in [1.82, 2.24) is 0 Å². The Bertz CT molecular complexity index is 868. The Morgan fingerprint density at radius 3 is 2.35 bits per heavy atom. The zero-order chi connectivity index (χ0) is 17.2. The molecule has 2 aromatic carbocycles. The number of methoxy groups -OCH3 is 1. The molecular formula is C14H10Cl3NO4S. The van der Waals surface area contributed by atoms with Crippen molar-refractivity contribution in [2.45, 2.75) is 4.90 Å². The molecule has 0 unspecified atom stereocenters. The Labute approximate surface area is 148 Å². The summed E-state index contributed by atoms with van der Waals surface area (Å²) in [5, 5.41) is 0.419. The minimum atomic E-state index is -4.08. The van der Waals surface area contributed by atoms with Crippen LogP contribution < -0.4 is 4.72 Å². The average molecular weight is 395 g/mol. The molecule has 2 rings (SSSR count). The van der Waals surface area contributed by atoms with Crippen molar-refractivity contribution in [2.75, 3.05) is 11.8 Å². The third kappa shape index (κ3) is 4.09. The van der Waals surface area contributed by atoms with E-state index in [1.807, 2.05) is 0 Å². The summed E-state index contributed by atoms with van der Waals surface area (Å²) >= 11 is 17.7. The van der Waals surface area contributed by atoms with E-state index in [4.69, 9.17) is 34.8 Å². The predicted octanol–water partition coefficient (Wildman–Crippen LogP) is 4.23. The monoisotopic (exact) mass is 393 g/mol. The molecule has 0 atom stereocenters. The fourth-order valence-corrected chi connectivity index (χ4v) is 3.72. The number of halogens is 3. The Morgan fingerprint density at radius 1 is 1.04 bits per heavy atom. The zero-order valence-corrected chi connectivity index (χ0v) is 14.7. The molecule has 0 bridgehead atoms. The summed E-state index contributed by atoms with van der Waals surface area (Å²) in [4.78, 5) is 11.3. The molecule has 0 heterocycles. The quantitative estimate of drug-likeness (QED) is 0.788. The molecule has 0 spiro atoms. The highest BCUT2D eigenvalue weighted by Gasteiger charge is 2.21. The van der Waals surface area contributed by atoms with Gasteiger partial charge in [-0.3, -0.25) is 4.72 Å². The number of ether oxygens (including phenoxy) is 1. The van der Waals surface area contributed by atoms with Gasteiger partial charge in [0.1, 0.15) is 4.90 Å². The standard InChI is InChI=1S/C14H10Cl3NO4S/c1-22-14(19)8-2-4-11(17)13(6-8)23(20,21)18-12-7-9(15)3-5-10(12)16/h2-7,18H,1H3. The average Bonchev–Trinajstić information content (AvgIpc) is 2.50. The second-order valence-corrected chi connectivity index (χ2v) is 7.27. The first-order chi connectivity index (χ1) is 10.7. The molecule has 2 aromatic rings. The molecule has 23 heavy (non-hydrogen) atoms. The summed E-state index contributed by atoms with van der Waals surface area (Å²) in [6, 6.07) is 8.11. The van der Waals surface area contributed by atoms with Gasteiger partial charge in [0.25, 0.3) is 10.0 Å². The summed E-state index contributed by atoms with van der Waals surface area (Å²) in [5.74, 6) is -0.682. The van der Waals surface area contributed by atoms with Crippen LogP contribution in [0.2, 0.25) is 15.1 Å². The number of hydrogen-bond donors (Lipinski definition) is 1. The third-order valence-electron chi connectivity index (χ3n) is 2.81. The first kappa shape index (κ1) is 17.9. The second kappa shape index (κ2) is 6.97. The van der Waals surface area contributed by atoms with Gasteiger partial charge < -0.3 is 4.74 Å². The Hall–Kier alpha value is -1.47. The molecule has 0 aliphatic carbocycles. The molecule has 0 saturated heterocycles. The largest absolute Gasteiger partial charge is 0.465 e. The summed E-state index contributed by atoms with van der Waals surface area (Å²) in [6.07, 6.45) is 0. The molecule has 122 valence electrons. The topological polar surface area (TPSA) is 72.5 Å². The van der Waals surface area contributed by atoms with Crippen LogP contribution in [-0.2, 0) is 14.8 Å².